The number of aromatic nitrogens is 8. The molecule has 0 aliphatic heterocycles. The van der Waals surface area contributed by atoms with Gasteiger partial charge in [-0.1, -0.05) is 63.4 Å². The molecule has 0 bridgehead atoms. The minimum atomic E-state index is 0.0131. The molecule has 0 aliphatic carbocycles. The van der Waals surface area contributed by atoms with Crippen LogP contribution in [0.5, 0.6) is 0 Å². The van der Waals surface area contributed by atoms with Gasteiger partial charge in [-0.3, -0.25) is 9.78 Å². The summed E-state index contributed by atoms with van der Waals surface area (Å²) in [5.74, 6) is 1.73. The minimum absolute atomic E-state index is 0.0131. The molecule has 0 atom stereocenters. The molecule has 0 amide bonds. The lowest BCUT2D eigenvalue weighted by Gasteiger charge is -2.08. The predicted molar refractivity (Wildman–Crippen MR) is 129 cm³/mol. The van der Waals surface area contributed by atoms with Crippen molar-refractivity contribution in [2.45, 2.75) is 65.3 Å². The molecule has 0 unspecified atom stereocenters. The highest BCUT2D eigenvalue weighted by molar-refractivity contribution is 5.92. The first-order valence-corrected chi connectivity index (χ1v) is 11.9. The number of nitrogens with one attached hydrogen (secondary N) is 1. The van der Waals surface area contributed by atoms with E-state index in [2.05, 4.69) is 49.5 Å². The molecule has 9 nitrogen and oxygen atoms in total. The van der Waals surface area contributed by atoms with E-state index in [1.807, 2.05) is 47.3 Å². The molecule has 0 aliphatic rings. The number of rotatable bonds is 12. The minimum Gasteiger partial charge on any atom is -0.291 e. The smallest absolute Gasteiger partial charge is 0.217 e. The van der Waals surface area contributed by atoms with Crippen LogP contribution in [0.4, 0.5) is 0 Å². The number of H-pyrrole nitrogens is 1. The van der Waals surface area contributed by atoms with Crippen molar-refractivity contribution in [3.8, 4) is 22.5 Å². The highest BCUT2D eigenvalue weighted by atomic mass is 16.1. The fourth-order valence-electron chi connectivity index (χ4n) is 3.83. The molecule has 176 valence electrons. The lowest BCUT2D eigenvalue weighted by Crippen LogP contribution is -2.08. The van der Waals surface area contributed by atoms with E-state index in [9.17, 15) is 4.79 Å². The zero-order chi connectivity index (χ0) is 23.8. The SMILES string of the molecule is CCCCCn1nc(C(=O)CCCC)nc1Cc1ccc(-c2ccccc2-c2nnn[nH]2)cn1. The van der Waals surface area contributed by atoms with Crippen LogP contribution < -0.4 is 0 Å². The number of pyridine rings is 1. The van der Waals surface area contributed by atoms with Gasteiger partial charge < -0.3 is 0 Å². The Morgan fingerprint density at radius 1 is 1.00 bits per heavy atom. The number of carbonyl (C=O) groups excluding carboxylic acids is 1. The Morgan fingerprint density at radius 2 is 1.82 bits per heavy atom. The van der Waals surface area contributed by atoms with Crippen LogP contribution in [0.15, 0.2) is 42.6 Å². The number of carbonyl (C=O) groups is 1. The Kier molecular flexibility index (Phi) is 7.85. The summed E-state index contributed by atoms with van der Waals surface area (Å²) in [5.41, 5.74) is 3.74. The largest absolute Gasteiger partial charge is 0.291 e. The van der Waals surface area contributed by atoms with Gasteiger partial charge in [0, 0.05) is 42.4 Å². The summed E-state index contributed by atoms with van der Waals surface area (Å²) in [6, 6.07) is 12.0. The number of tetrazole rings is 1. The quantitative estimate of drug-likeness (QED) is 0.242. The zero-order valence-electron chi connectivity index (χ0n) is 19.7. The second-order valence-corrected chi connectivity index (χ2v) is 8.32. The van der Waals surface area contributed by atoms with E-state index in [1.165, 1.54) is 0 Å². The Hall–Kier alpha value is -3.75. The zero-order valence-corrected chi connectivity index (χ0v) is 19.7. The van der Waals surface area contributed by atoms with Crippen LogP contribution >= 0.6 is 0 Å². The number of aryl methyl sites for hydroxylation is 1. The second kappa shape index (κ2) is 11.4. The number of benzene rings is 1. The van der Waals surface area contributed by atoms with Gasteiger partial charge in [0.05, 0.1) is 0 Å². The van der Waals surface area contributed by atoms with Gasteiger partial charge in [0.15, 0.2) is 5.82 Å². The van der Waals surface area contributed by atoms with Gasteiger partial charge in [-0.15, -0.1) is 10.2 Å². The topological polar surface area (TPSA) is 115 Å². The fourth-order valence-corrected chi connectivity index (χ4v) is 3.83. The normalized spacial score (nSPS) is 11.1. The van der Waals surface area contributed by atoms with Crippen molar-refractivity contribution in [1.29, 1.82) is 0 Å². The molecule has 0 radical (unpaired) electrons. The van der Waals surface area contributed by atoms with Crippen LogP contribution in [-0.4, -0.2) is 46.2 Å². The molecule has 4 aromatic rings. The third kappa shape index (κ3) is 5.59. The third-order valence-corrected chi connectivity index (χ3v) is 5.73. The van der Waals surface area contributed by atoms with Gasteiger partial charge in [0.1, 0.15) is 5.82 Å². The number of unbranched alkanes of at least 4 members (excludes halogenated alkanes) is 3. The number of hydrogen-bond donors (Lipinski definition) is 1. The Labute approximate surface area is 199 Å². The summed E-state index contributed by atoms with van der Waals surface area (Å²) >= 11 is 0. The van der Waals surface area contributed by atoms with Crippen molar-refractivity contribution in [2.24, 2.45) is 0 Å². The summed E-state index contributed by atoms with van der Waals surface area (Å²) in [6.07, 6.45) is 7.94. The van der Waals surface area contributed by atoms with Crippen LogP contribution in [0.2, 0.25) is 0 Å². The lowest BCUT2D eigenvalue weighted by molar-refractivity contribution is 0.0969. The van der Waals surface area contributed by atoms with Gasteiger partial charge >= 0.3 is 0 Å². The van der Waals surface area contributed by atoms with Crippen molar-refractivity contribution in [2.75, 3.05) is 0 Å². The van der Waals surface area contributed by atoms with Crippen LogP contribution in [0.3, 0.4) is 0 Å². The average Bonchev–Trinajstić information content (AvgIpc) is 3.54. The molecule has 0 saturated heterocycles. The van der Waals surface area contributed by atoms with Gasteiger partial charge in [0.25, 0.3) is 0 Å². The molecule has 34 heavy (non-hydrogen) atoms. The summed E-state index contributed by atoms with van der Waals surface area (Å²) in [5, 5.41) is 18.8. The van der Waals surface area contributed by atoms with E-state index in [4.69, 9.17) is 0 Å². The molecule has 4 rings (SSSR count). The number of hydrogen-bond acceptors (Lipinski definition) is 7. The standard InChI is InChI=1S/C25H30N8O/c1-3-5-9-15-33-23(27-25(30-33)22(34)12-6-4-2)16-19-14-13-18(17-26-19)20-10-7-8-11-21(20)24-28-31-32-29-24/h7-8,10-11,13-14,17H,3-6,9,12,15-16H2,1-2H3,(H,28,29,31,32). The molecule has 3 heterocycles. The highest BCUT2D eigenvalue weighted by Gasteiger charge is 2.17. The Morgan fingerprint density at radius 3 is 2.53 bits per heavy atom. The number of aromatic amines is 1. The number of ketones is 1. The van der Waals surface area contributed by atoms with E-state index in [0.29, 0.717) is 24.5 Å². The molecule has 9 heteroatoms. The molecule has 1 N–H and O–H groups in total. The molecule has 1 aromatic carbocycles. The first-order valence-electron chi connectivity index (χ1n) is 11.9. The maximum atomic E-state index is 12.5. The molecular weight excluding hydrogens is 428 g/mol. The van der Waals surface area contributed by atoms with Gasteiger partial charge in [-0.25, -0.2) is 14.8 Å². The summed E-state index contributed by atoms with van der Waals surface area (Å²) in [6.45, 7) is 5.00. The Balaban J connectivity index is 1.55. The van der Waals surface area contributed by atoms with Crippen molar-refractivity contribution in [3.63, 3.8) is 0 Å². The van der Waals surface area contributed by atoms with Crippen molar-refractivity contribution in [3.05, 3.63) is 59.9 Å². The molecule has 0 spiro atoms. The first-order chi connectivity index (χ1) is 16.7. The van der Waals surface area contributed by atoms with Crippen LogP contribution in [0, 0.1) is 0 Å². The Bertz CT molecular complexity index is 1200. The van der Waals surface area contributed by atoms with Crippen molar-refractivity contribution in [1.82, 2.24) is 40.4 Å². The van der Waals surface area contributed by atoms with Crippen LogP contribution in [-0.2, 0) is 13.0 Å². The van der Waals surface area contributed by atoms with Crippen LogP contribution in [0.1, 0.15) is 74.5 Å². The first kappa shape index (κ1) is 23.4. The van der Waals surface area contributed by atoms with Crippen molar-refractivity contribution < 1.29 is 4.79 Å². The molecular formula is C25H30N8O. The maximum Gasteiger partial charge on any atom is 0.217 e. The van der Waals surface area contributed by atoms with Gasteiger partial charge in [-0.05, 0) is 34.9 Å². The highest BCUT2D eigenvalue weighted by Crippen LogP contribution is 2.29. The third-order valence-electron chi connectivity index (χ3n) is 5.73. The van der Waals surface area contributed by atoms with Crippen molar-refractivity contribution >= 4 is 5.78 Å². The number of Topliss-reactive ketones (excluding diaryl/α,β-unsaturated/α-hetero) is 1. The molecule has 0 fully saturated rings. The van der Waals surface area contributed by atoms with E-state index in [0.717, 1.165) is 66.9 Å². The van der Waals surface area contributed by atoms with E-state index < -0.39 is 0 Å². The van der Waals surface area contributed by atoms with E-state index in [-0.39, 0.29) is 5.78 Å². The summed E-state index contributed by atoms with van der Waals surface area (Å²) in [4.78, 5) is 21.8. The number of nitrogens with zero attached hydrogens (tertiary/aromatic N) is 7. The van der Waals surface area contributed by atoms with Gasteiger partial charge in [-0.2, -0.15) is 0 Å². The molecule has 3 aromatic heterocycles. The molecule has 0 saturated carbocycles. The average molecular weight is 459 g/mol. The second-order valence-electron chi connectivity index (χ2n) is 8.32. The van der Waals surface area contributed by atoms with E-state index >= 15 is 0 Å². The van der Waals surface area contributed by atoms with E-state index in [1.54, 1.807) is 0 Å². The monoisotopic (exact) mass is 458 g/mol. The summed E-state index contributed by atoms with van der Waals surface area (Å²) < 4.78 is 1.89. The maximum absolute atomic E-state index is 12.5. The predicted octanol–water partition coefficient (Wildman–Crippen LogP) is 4.67. The lowest BCUT2D eigenvalue weighted by atomic mass is 10.0. The van der Waals surface area contributed by atoms with Crippen LogP contribution in [0.25, 0.3) is 22.5 Å². The summed E-state index contributed by atoms with van der Waals surface area (Å²) in [7, 11) is 0. The van der Waals surface area contributed by atoms with Gasteiger partial charge in [0.2, 0.25) is 11.6 Å². The fraction of sp³-hybridized carbons (Fsp3) is 0.400.